The average molecular weight is 288 g/mol. The van der Waals surface area contributed by atoms with E-state index >= 15 is 0 Å². The largest absolute Gasteiger partial charge is 0.390 e. The number of nitrogens with zero attached hydrogens (tertiary/aromatic N) is 3. The van der Waals surface area contributed by atoms with Crippen LogP contribution in [0.1, 0.15) is 36.7 Å². The van der Waals surface area contributed by atoms with Gasteiger partial charge in [-0.15, -0.1) is 5.10 Å². The summed E-state index contributed by atoms with van der Waals surface area (Å²) in [7, 11) is 0. The Morgan fingerprint density at radius 1 is 1.48 bits per heavy atom. The summed E-state index contributed by atoms with van der Waals surface area (Å²) >= 11 is 0. The molecule has 6 nitrogen and oxygen atoms in total. The second kappa shape index (κ2) is 6.49. The molecular formula is C15H20N4O2. The van der Waals surface area contributed by atoms with Crippen LogP contribution in [-0.4, -0.2) is 26.0 Å². The van der Waals surface area contributed by atoms with Gasteiger partial charge in [-0.2, -0.15) is 0 Å². The number of rotatable bonds is 5. The Hall–Kier alpha value is -2.21. The first kappa shape index (κ1) is 15.2. The van der Waals surface area contributed by atoms with Crippen molar-refractivity contribution in [3.8, 4) is 0 Å². The Balaban J connectivity index is 2.18. The molecular weight excluding hydrogens is 268 g/mol. The molecule has 0 saturated carbocycles. The van der Waals surface area contributed by atoms with Crippen LogP contribution in [0.5, 0.6) is 0 Å². The summed E-state index contributed by atoms with van der Waals surface area (Å²) in [6.45, 7) is 5.58. The molecule has 0 aliphatic rings. The zero-order valence-corrected chi connectivity index (χ0v) is 12.5. The van der Waals surface area contributed by atoms with Crippen molar-refractivity contribution in [3.05, 3.63) is 41.2 Å². The molecule has 0 saturated heterocycles. The van der Waals surface area contributed by atoms with E-state index in [-0.39, 0.29) is 12.5 Å². The highest BCUT2D eigenvalue weighted by molar-refractivity contribution is 5.94. The van der Waals surface area contributed by atoms with Crippen molar-refractivity contribution in [2.24, 2.45) is 0 Å². The minimum atomic E-state index is -0.498. The lowest BCUT2D eigenvalue weighted by Crippen LogP contribution is -2.25. The van der Waals surface area contributed by atoms with Gasteiger partial charge in [-0.3, -0.25) is 4.79 Å². The quantitative estimate of drug-likeness (QED) is 0.879. The zero-order valence-electron chi connectivity index (χ0n) is 12.5. The Bertz CT molecular complexity index is 636. The van der Waals surface area contributed by atoms with Crippen molar-refractivity contribution >= 4 is 11.6 Å². The van der Waals surface area contributed by atoms with E-state index in [1.54, 1.807) is 13.1 Å². The number of anilines is 1. The molecule has 1 amide bonds. The van der Waals surface area contributed by atoms with E-state index in [1.807, 2.05) is 25.1 Å². The molecule has 1 atom stereocenters. The number of hydrogen-bond donors (Lipinski definition) is 2. The van der Waals surface area contributed by atoms with E-state index in [2.05, 4.69) is 22.6 Å². The van der Waals surface area contributed by atoms with E-state index in [1.165, 1.54) is 4.68 Å². The van der Waals surface area contributed by atoms with Crippen LogP contribution in [0.15, 0.2) is 24.4 Å². The number of aliphatic hydroxyl groups is 1. The number of carbonyl (C=O) groups excluding carboxylic acids is 1. The minimum absolute atomic E-state index is 0.159. The van der Waals surface area contributed by atoms with E-state index in [9.17, 15) is 4.79 Å². The van der Waals surface area contributed by atoms with Crippen LogP contribution in [0, 0.1) is 6.92 Å². The molecule has 0 aliphatic carbocycles. The number of aryl methyl sites for hydroxylation is 2. The molecule has 0 bridgehead atoms. The van der Waals surface area contributed by atoms with Crippen LogP contribution < -0.4 is 5.32 Å². The average Bonchev–Trinajstić information content (AvgIpc) is 2.97. The van der Waals surface area contributed by atoms with Crippen LogP contribution >= 0.6 is 0 Å². The van der Waals surface area contributed by atoms with Crippen molar-refractivity contribution in [1.29, 1.82) is 0 Å². The lowest BCUT2D eigenvalue weighted by molar-refractivity contribution is -0.119. The lowest BCUT2D eigenvalue weighted by Gasteiger charge is -2.16. The Morgan fingerprint density at radius 3 is 2.86 bits per heavy atom. The molecule has 1 aromatic carbocycles. The van der Waals surface area contributed by atoms with E-state index in [0.29, 0.717) is 5.69 Å². The molecule has 0 radical (unpaired) electrons. The fraction of sp³-hybridized carbons (Fsp3) is 0.400. The summed E-state index contributed by atoms with van der Waals surface area (Å²) in [6, 6.07) is 5.46. The molecule has 2 N–H and O–H groups in total. The molecule has 112 valence electrons. The van der Waals surface area contributed by atoms with Gasteiger partial charge in [0, 0.05) is 5.69 Å². The third-order valence-corrected chi connectivity index (χ3v) is 3.48. The van der Waals surface area contributed by atoms with Crippen LogP contribution in [0.25, 0.3) is 0 Å². The number of amides is 1. The van der Waals surface area contributed by atoms with Crippen molar-refractivity contribution in [2.75, 3.05) is 5.32 Å². The molecule has 2 aromatic rings. The van der Waals surface area contributed by atoms with Crippen molar-refractivity contribution in [1.82, 2.24) is 15.0 Å². The first-order chi connectivity index (χ1) is 10.1. The summed E-state index contributed by atoms with van der Waals surface area (Å²) in [5.74, 6) is -0.159. The Morgan fingerprint density at radius 2 is 2.24 bits per heavy atom. The standard InChI is InChI=1S/C15H20N4O2/c1-4-12-7-5-6-10(2)14(12)16-15(21)11(3)19-8-13(9-20)17-18-19/h5-8,11,20H,4,9H2,1-3H3,(H,16,21). The monoisotopic (exact) mass is 288 g/mol. The zero-order chi connectivity index (χ0) is 15.4. The smallest absolute Gasteiger partial charge is 0.249 e. The van der Waals surface area contributed by atoms with Crippen molar-refractivity contribution in [3.63, 3.8) is 0 Å². The highest BCUT2D eigenvalue weighted by Crippen LogP contribution is 2.22. The van der Waals surface area contributed by atoms with Gasteiger partial charge >= 0.3 is 0 Å². The lowest BCUT2D eigenvalue weighted by atomic mass is 10.1. The predicted octanol–water partition coefficient (Wildman–Crippen LogP) is 1.84. The van der Waals surface area contributed by atoms with Crippen LogP contribution in [-0.2, 0) is 17.8 Å². The molecule has 1 unspecified atom stereocenters. The first-order valence-electron chi connectivity index (χ1n) is 6.97. The molecule has 0 fully saturated rings. The Labute approximate surface area is 123 Å². The SMILES string of the molecule is CCc1cccc(C)c1NC(=O)C(C)n1cc(CO)nn1. The topological polar surface area (TPSA) is 80.0 Å². The normalized spacial score (nSPS) is 12.2. The van der Waals surface area contributed by atoms with Gasteiger partial charge in [0.1, 0.15) is 11.7 Å². The fourth-order valence-corrected chi connectivity index (χ4v) is 2.12. The number of benzene rings is 1. The molecule has 0 aliphatic heterocycles. The highest BCUT2D eigenvalue weighted by Gasteiger charge is 2.18. The van der Waals surface area contributed by atoms with Crippen molar-refractivity contribution in [2.45, 2.75) is 39.8 Å². The number of aliphatic hydroxyl groups excluding tert-OH is 1. The summed E-state index contributed by atoms with van der Waals surface area (Å²) < 4.78 is 1.45. The third kappa shape index (κ3) is 3.28. The maximum atomic E-state index is 12.4. The van der Waals surface area contributed by atoms with Crippen LogP contribution in [0.3, 0.4) is 0 Å². The summed E-state index contributed by atoms with van der Waals surface area (Å²) in [5, 5.41) is 19.6. The Kier molecular flexibility index (Phi) is 4.70. The summed E-state index contributed by atoms with van der Waals surface area (Å²) in [4.78, 5) is 12.4. The number of carbonyl (C=O) groups is 1. The second-order valence-electron chi connectivity index (χ2n) is 4.98. The highest BCUT2D eigenvalue weighted by atomic mass is 16.3. The van der Waals surface area contributed by atoms with Crippen LogP contribution in [0.2, 0.25) is 0 Å². The van der Waals surface area contributed by atoms with Gasteiger partial charge in [-0.25, -0.2) is 4.68 Å². The molecule has 1 heterocycles. The number of aromatic nitrogens is 3. The first-order valence-corrected chi connectivity index (χ1v) is 6.97. The number of nitrogens with one attached hydrogen (secondary N) is 1. The van der Waals surface area contributed by atoms with Gasteiger partial charge in [0.15, 0.2) is 0 Å². The third-order valence-electron chi connectivity index (χ3n) is 3.48. The van der Waals surface area contributed by atoms with Gasteiger partial charge in [0.2, 0.25) is 5.91 Å². The molecule has 1 aromatic heterocycles. The number of hydrogen-bond acceptors (Lipinski definition) is 4. The summed E-state index contributed by atoms with van der Waals surface area (Å²) in [5.41, 5.74) is 3.44. The van der Waals surface area contributed by atoms with E-state index in [4.69, 9.17) is 5.11 Å². The van der Waals surface area contributed by atoms with Gasteiger partial charge in [-0.05, 0) is 31.4 Å². The van der Waals surface area contributed by atoms with E-state index < -0.39 is 6.04 Å². The molecule has 0 spiro atoms. The summed E-state index contributed by atoms with van der Waals surface area (Å²) in [6.07, 6.45) is 2.42. The maximum absolute atomic E-state index is 12.4. The minimum Gasteiger partial charge on any atom is -0.390 e. The van der Waals surface area contributed by atoms with Gasteiger partial charge < -0.3 is 10.4 Å². The second-order valence-corrected chi connectivity index (χ2v) is 4.98. The van der Waals surface area contributed by atoms with Gasteiger partial charge in [0.05, 0.1) is 12.8 Å². The predicted molar refractivity (Wildman–Crippen MR) is 79.8 cm³/mol. The van der Waals surface area contributed by atoms with Gasteiger partial charge in [-0.1, -0.05) is 30.3 Å². The number of para-hydroxylation sites is 1. The van der Waals surface area contributed by atoms with Gasteiger partial charge in [0.25, 0.3) is 0 Å². The fourth-order valence-electron chi connectivity index (χ4n) is 2.12. The van der Waals surface area contributed by atoms with E-state index in [0.717, 1.165) is 23.2 Å². The maximum Gasteiger partial charge on any atom is 0.249 e. The van der Waals surface area contributed by atoms with Crippen molar-refractivity contribution < 1.29 is 9.90 Å². The molecule has 6 heteroatoms. The molecule has 2 rings (SSSR count). The van der Waals surface area contributed by atoms with Crippen LogP contribution in [0.4, 0.5) is 5.69 Å². The molecule has 21 heavy (non-hydrogen) atoms.